The third-order valence-corrected chi connectivity index (χ3v) is 11.8. The summed E-state index contributed by atoms with van der Waals surface area (Å²) >= 11 is 0. The number of rotatable bonds is 2. The van der Waals surface area contributed by atoms with Gasteiger partial charge in [-0.1, -0.05) is 133 Å². The largest absolute Gasteiger partial charge is 0.456 e. The van der Waals surface area contributed by atoms with Crippen molar-refractivity contribution in [3.63, 3.8) is 0 Å². The van der Waals surface area contributed by atoms with Crippen LogP contribution in [-0.2, 0) is 5.41 Å². The average molecular weight is 660 g/mol. The molecule has 0 radical (unpaired) electrons. The average Bonchev–Trinajstić information content (AvgIpc) is 3.82. The number of aromatic nitrogens is 1. The molecule has 0 aliphatic heterocycles. The van der Waals surface area contributed by atoms with Crippen LogP contribution < -0.4 is 0 Å². The number of nitrogens with zero attached hydrogens (tertiary/aromatic N) is 1. The molecule has 2 aliphatic rings. The van der Waals surface area contributed by atoms with Gasteiger partial charge in [-0.3, -0.25) is 4.98 Å². The van der Waals surface area contributed by atoms with Crippen LogP contribution in [0.25, 0.3) is 88.0 Å². The maximum Gasteiger partial charge on any atom is 0.136 e. The van der Waals surface area contributed by atoms with Gasteiger partial charge < -0.3 is 4.42 Å². The van der Waals surface area contributed by atoms with E-state index in [9.17, 15) is 0 Å². The first-order valence-electron chi connectivity index (χ1n) is 17.9. The lowest BCUT2D eigenvalue weighted by Gasteiger charge is -2.31. The highest BCUT2D eigenvalue weighted by Gasteiger charge is 2.52. The highest BCUT2D eigenvalue weighted by atomic mass is 16.3. The van der Waals surface area contributed by atoms with Crippen molar-refractivity contribution >= 4 is 43.5 Å². The molecule has 2 aromatic heterocycles. The maximum absolute atomic E-state index is 6.48. The summed E-state index contributed by atoms with van der Waals surface area (Å²) in [6.45, 7) is 0. The Morgan fingerprint density at radius 2 is 0.923 bits per heavy atom. The fourth-order valence-corrected chi connectivity index (χ4v) is 9.77. The molecular weight excluding hydrogens is 631 g/mol. The molecule has 1 atom stereocenters. The number of hydrogen-bond donors (Lipinski definition) is 0. The van der Waals surface area contributed by atoms with E-state index in [1.165, 1.54) is 82.7 Å². The Morgan fingerprint density at radius 1 is 0.365 bits per heavy atom. The van der Waals surface area contributed by atoms with E-state index in [4.69, 9.17) is 4.42 Å². The Bertz CT molecular complexity index is 3080. The van der Waals surface area contributed by atoms with Gasteiger partial charge in [-0.15, -0.1) is 0 Å². The zero-order chi connectivity index (χ0) is 34.0. The summed E-state index contributed by atoms with van der Waals surface area (Å²) in [5.41, 5.74) is 16.6. The van der Waals surface area contributed by atoms with E-state index in [1.807, 2.05) is 18.5 Å². The van der Waals surface area contributed by atoms with Crippen molar-refractivity contribution in [2.24, 2.45) is 0 Å². The lowest BCUT2D eigenvalue weighted by molar-refractivity contribution is 0.669. The van der Waals surface area contributed by atoms with Crippen LogP contribution in [0.2, 0.25) is 0 Å². The van der Waals surface area contributed by atoms with E-state index in [1.54, 1.807) is 0 Å². The van der Waals surface area contributed by atoms with Crippen LogP contribution in [0.3, 0.4) is 0 Å². The van der Waals surface area contributed by atoms with Crippen molar-refractivity contribution in [3.8, 4) is 44.5 Å². The quantitative estimate of drug-likeness (QED) is 0.173. The second-order valence-corrected chi connectivity index (χ2v) is 14.2. The summed E-state index contributed by atoms with van der Waals surface area (Å²) in [7, 11) is 0. The van der Waals surface area contributed by atoms with Gasteiger partial charge in [-0.05, 0) is 113 Å². The van der Waals surface area contributed by atoms with Crippen molar-refractivity contribution in [1.82, 2.24) is 4.98 Å². The lowest BCUT2D eigenvalue weighted by Crippen LogP contribution is -2.25. The van der Waals surface area contributed by atoms with E-state index in [0.29, 0.717) is 0 Å². The van der Waals surface area contributed by atoms with Crippen molar-refractivity contribution < 1.29 is 4.42 Å². The van der Waals surface area contributed by atoms with Gasteiger partial charge in [0.25, 0.3) is 0 Å². The zero-order valence-electron chi connectivity index (χ0n) is 28.1. The molecule has 10 aromatic rings. The first-order chi connectivity index (χ1) is 25.8. The third kappa shape index (κ3) is 3.46. The summed E-state index contributed by atoms with van der Waals surface area (Å²) in [6, 6.07) is 60.4. The minimum Gasteiger partial charge on any atom is -0.456 e. The molecule has 12 rings (SSSR count). The van der Waals surface area contributed by atoms with Crippen LogP contribution in [0.15, 0.2) is 181 Å². The van der Waals surface area contributed by atoms with Gasteiger partial charge in [0.05, 0.1) is 5.41 Å². The molecular formula is C50H29NO. The minimum atomic E-state index is -0.484. The van der Waals surface area contributed by atoms with E-state index < -0.39 is 5.41 Å². The first-order valence-corrected chi connectivity index (χ1v) is 17.9. The second-order valence-electron chi connectivity index (χ2n) is 14.2. The Morgan fingerprint density at radius 3 is 1.60 bits per heavy atom. The predicted molar refractivity (Wildman–Crippen MR) is 214 cm³/mol. The Labute approximate surface area is 300 Å². The van der Waals surface area contributed by atoms with Crippen LogP contribution in [0.1, 0.15) is 22.3 Å². The number of fused-ring (bicyclic) bond motifs is 15. The molecule has 0 N–H and O–H groups in total. The van der Waals surface area contributed by atoms with E-state index in [-0.39, 0.29) is 0 Å². The second kappa shape index (κ2) is 10.2. The number of benzene rings is 8. The molecule has 2 heterocycles. The first kappa shape index (κ1) is 28.0. The summed E-state index contributed by atoms with van der Waals surface area (Å²) in [4.78, 5) is 4.52. The van der Waals surface area contributed by atoms with Crippen LogP contribution in [0.5, 0.6) is 0 Å². The highest BCUT2D eigenvalue weighted by molar-refractivity contribution is 6.21. The van der Waals surface area contributed by atoms with Gasteiger partial charge in [0.15, 0.2) is 0 Å². The molecule has 0 saturated carbocycles. The molecule has 0 bridgehead atoms. The summed E-state index contributed by atoms with van der Waals surface area (Å²) in [5, 5.41) is 7.25. The van der Waals surface area contributed by atoms with Crippen molar-refractivity contribution in [3.05, 3.63) is 198 Å². The van der Waals surface area contributed by atoms with E-state index >= 15 is 0 Å². The summed E-state index contributed by atoms with van der Waals surface area (Å²) < 4.78 is 6.48. The van der Waals surface area contributed by atoms with Crippen molar-refractivity contribution in [2.45, 2.75) is 5.41 Å². The molecule has 0 fully saturated rings. The monoisotopic (exact) mass is 659 g/mol. The molecule has 2 heteroatoms. The molecule has 1 spiro atoms. The summed E-state index contributed by atoms with van der Waals surface area (Å²) in [5.74, 6) is 0. The topological polar surface area (TPSA) is 26.0 Å². The number of hydrogen-bond acceptors (Lipinski definition) is 2. The SMILES string of the molecule is c1cncc(-c2c3ccccc3c(-c3ccc4c(c3)C3(c5ccccc5-4)c4ccccc4-c4cc5oc6ccccc6c5cc43)c3ccccc23)c1. The van der Waals surface area contributed by atoms with Gasteiger partial charge >= 0.3 is 0 Å². The van der Waals surface area contributed by atoms with Crippen molar-refractivity contribution in [2.75, 3.05) is 0 Å². The molecule has 52 heavy (non-hydrogen) atoms. The van der Waals surface area contributed by atoms with Crippen molar-refractivity contribution in [1.29, 1.82) is 0 Å². The Kier molecular flexibility index (Phi) is 5.46. The van der Waals surface area contributed by atoms with Crippen LogP contribution >= 0.6 is 0 Å². The third-order valence-electron chi connectivity index (χ3n) is 11.8. The van der Waals surface area contributed by atoms with E-state index in [0.717, 1.165) is 27.5 Å². The van der Waals surface area contributed by atoms with E-state index in [2.05, 4.69) is 163 Å². The molecule has 0 saturated heterocycles. The normalized spacial score (nSPS) is 15.4. The molecule has 2 aliphatic carbocycles. The number of para-hydroxylation sites is 1. The minimum absolute atomic E-state index is 0.484. The molecule has 0 amide bonds. The smallest absolute Gasteiger partial charge is 0.136 e. The number of furan rings is 1. The lowest BCUT2D eigenvalue weighted by atomic mass is 9.70. The fourth-order valence-electron chi connectivity index (χ4n) is 9.77. The van der Waals surface area contributed by atoms with Gasteiger partial charge in [0, 0.05) is 28.7 Å². The van der Waals surface area contributed by atoms with Gasteiger partial charge in [0.1, 0.15) is 11.2 Å². The van der Waals surface area contributed by atoms with Crippen LogP contribution in [0, 0.1) is 0 Å². The molecule has 240 valence electrons. The standard InChI is InChI=1S/C50H29NO/c1-3-18-38-36(16-1)48(37-17-2-4-19-39(37)49(38)31-12-11-25-51-29-31)30-23-24-34-32-13-5-8-20-42(32)50(44(34)26-30)43-21-9-6-14-33(43)40-28-47-41(27-45(40)50)35-15-7-10-22-46(35)52-47/h1-29H. The maximum atomic E-state index is 6.48. The fraction of sp³-hybridized carbons (Fsp3) is 0.0200. The van der Waals surface area contributed by atoms with Crippen LogP contribution in [0.4, 0.5) is 0 Å². The summed E-state index contributed by atoms with van der Waals surface area (Å²) in [6.07, 6.45) is 3.83. The zero-order valence-corrected chi connectivity index (χ0v) is 28.1. The highest BCUT2D eigenvalue weighted by Crippen LogP contribution is 2.64. The molecule has 8 aromatic carbocycles. The van der Waals surface area contributed by atoms with Gasteiger partial charge in [-0.25, -0.2) is 0 Å². The van der Waals surface area contributed by atoms with Gasteiger partial charge in [-0.2, -0.15) is 0 Å². The number of pyridine rings is 1. The van der Waals surface area contributed by atoms with Crippen LogP contribution in [-0.4, -0.2) is 4.98 Å². The molecule has 2 nitrogen and oxygen atoms in total. The molecule has 1 unspecified atom stereocenters. The Hall–Kier alpha value is -6.77. The van der Waals surface area contributed by atoms with Gasteiger partial charge in [0.2, 0.25) is 0 Å². The predicted octanol–water partition coefficient (Wildman–Crippen LogP) is 13.0. The Balaban J connectivity index is 1.21.